The quantitative estimate of drug-likeness (QED) is 0.786. The van der Waals surface area contributed by atoms with Crippen molar-refractivity contribution in [3.05, 3.63) is 28.3 Å². The number of aromatic hydroxyl groups is 1. The first-order valence-corrected chi connectivity index (χ1v) is 4.62. The first-order valence-electron chi connectivity index (χ1n) is 4.24. The fourth-order valence-corrected chi connectivity index (χ4v) is 1.48. The van der Waals surface area contributed by atoms with Crippen LogP contribution in [-0.4, -0.2) is 16.8 Å². The van der Waals surface area contributed by atoms with Gasteiger partial charge in [0.25, 0.3) is 0 Å². The van der Waals surface area contributed by atoms with Gasteiger partial charge in [-0.3, -0.25) is 0 Å². The van der Waals surface area contributed by atoms with Crippen molar-refractivity contribution in [2.24, 2.45) is 0 Å². The molecule has 2 N–H and O–H groups in total. The smallest absolute Gasteiger partial charge is 0.134 e. The standard InChI is InChI=1S/C10H13ClO2/c1-7-5-8(3-2-4-12)10(11)9(13)6-7/h5-6,12-13H,2-4H2,1H3. The zero-order valence-corrected chi connectivity index (χ0v) is 8.30. The number of halogens is 1. The summed E-state index contributed by atoms with van der Waals surface area (Å²) in [6, 6.07) is 3.56. The molecule has 0 atom stereocenters. The van der Waals surface area contributed by atoms with Crippen molar-refractivity contribution in [2.75, 3.05) is 6.61 Å². The van der Waals surface area contributed by atoms with Gasteiger partial charge >= 0.3 is 0 Å². The van der Waals surface area contributed by atoms with Crippen LogP contribution in [0.1, 0.15) is 17.5 Å². The number of rotatable bonds is 3. The molecule has 13 heavy (non-hydrogen) atoms. The Morgan fingerprint density at radius 3 is 2.69 bits per heavy atom. The lowest BCUT2D eigenvalue weighted by Gasteiger charge is -2.06. The molecule has 1 rings (SSSR count). The molecular formula is C10H13ClO2. The maximum absolute atomic E-state index is 9.39. The second-order valence-corrected chi connectivity index (χ2v) is 3.46. The molecule has 72 valence electrons. The molecule has 0 aliphatic rings. The summed E-state index contributed by atoms with van der Waals surface area (Å²) in [6.45, 7) is 2.05. The number of aliphatic hydroxyl groups is 1. The first kappa shape index (κ1) is 10.4. The summed E-state index contributed by atoms with van der Waals surface area (Å²) >= 11 is 5.87. The summed E-state index contributed by atoms with van der Waals surface area (Å²) in [5, 5.41) is 18.4. The van der Waals surface area contributed by atoms with E-state index in [1.807, 2.05) is 13.0 Å². The second-order valence-electron chi connectivity index (χ2n) is 3.08. The van der Waals surface area contributed by atoms with E-state index in [4.69, 9.17) is 16.7 Å². The number of phenolic OH excluding ortho intramolecular Hbond substituents is 1. The topological polar surface area (TPSA) is 40.5 Å². The molecule has 1 aromatic rings. The van der Waals surface area contributed by atoms with Crippen LogP contribution in [0.15, 0.2) is 12.1 Å². The average molecular weight is 201 g/mol. The molecule has 0 heterocycles. The van der Waals surface area contributed by atoms with Crippen LogP contribution in [0.5, 0.6) is 5.75 Å². The van der Waals surface area contributed by atoms with Crippen molar-refractivity contribution in [3.63, 3.8) is 0 Å². The van der Waals surface area contributed by atoms with Crippen molar-refractivity contribution in [2.45, 2.75) is 19.8 Å². The molecule has 0 aliphatic heterocycles. The van der Waals surface area contributed by atoms with Gasteiger partial charge < -0.3 is 10.2 Å². The summed E-state index contributed by atoms with van der Waals surface area (Å²) in [4.78, 5) is 0. The Morgan fingerprint density at radius 1 is 1.38 bits per heavy atom. The lowest BCUT2D eigenvalue weighted by molar-refractivity contribution is 0.288. The molecule has 3 heteroatoms. The highest BCUT2D eigenvalue weighted by molar-refractivity contribution is 6.32. The number of benzene rings is 1. The molecule has 0 unspecified atom stereocenters. The van der Waals surface area contributed by atoms with E-state index in [9.17, 15) is 5.11 Å². The Morgan fingerprint density at radius 2 is 2.08 bits per heavy atom. The minimum absolute atomic E-state index is 0.120. The maximum Gasteiger partial charge on any atom is 0.134 e. The highest BCUT2D eigenvalue weighted by Gasteiger charge is 2.05. The van der Waals surface area contributed by atoms with Gasteiger partial charge in [0.2, 0.25) is 0 Å². The number of aliphatic hydroxyl groups excluding tert-OH is 1. The van der Waals surface area contributed by atoms with Crippen molar-refractivity contribution >= 4 is 11.6 Å². The fraction of sp³-hybridized carbons (Fsp3) is 0.400. The van der Waals surface area contributed by atoms with Crippen LogP contribution < -0.4 is 0 Å². The largest absolute Gasteiger partial charge is 0.506 e. The predicted molar refractivity (Wildman–Crippen MR) is 53.3 cm³/mol. The van der Waals surface area contributed by atoms with Crippen molar-refractivity contribution in [1.82, 2.24) is 0 Å². The van der Waals surface area contributed by atoms with Crippen LogP contribution in [0.3, 0.4) is 0 Å². The van der Waals surface area contributed by atoms with Crippen molar-refractivity contribution in [3.8, 4) is 5.75 Å². The van der Waals surface area contributed by atoms with Gasteiger partial charge in [-0.05, 0) is 37.0 Å². The van der Waals surface area contributed by atoms with Crippen LogP contribution in [0.2, 0.25) is 5.02 Å². The van der Waals surface area contributed by atoms with Crippen LogP contribution in [0.4, 0.5) is 0 Å². The zero-order chi connectivity index (χ0) is 9.84. The van der Waals surface area contributed by atoms with Crippen LogP contribution in [-0.2, 0) is 6.42 Å². The summed E-state index contributed by atoms with van der Waals surface area (Å²) in [5.41, 5.74) is 1.88. The molecule has 0 radical (unpaired) electrons. The first-order chi connectivity index (χ1) is 6.15. The van der Waals surface area contributed by atoms with Crippen LogP contribution in [0.25, 0.3) is 0 Å². The zero-order valence-electron chi connectivity index (χ0n) is 7.55. The summed E-state index contributed by atoms with van der Waals surface area (Å²) < 4.78 is 0. The molecule has 0 saturated carbocycles. The Balaban J connectivity index is 2.92. The third kappa shape index (κ3) is 2.61. The highest BCUT2D eigenvalue weighted by atomic mass is 35.5. The summed E-state index contributed by atoms with van der Waals surface area (Å²) in [5.74, 6) is 0.120. The Hall–Kier alpha value is -0.730. The molecule has 1 aromatic carbocycles. The van der Waals surface area contributed by atoms with E-state index in [-0.39, 0.29) is 12.4 Å². The molecule has 0 aliphatic carbocycles. The third-order valence-electron chi connectivity index (χ3n) is 1.88. The van der Waals surface area contributed by atoms with E-state index in [2.05, 4.69) is 0 Å². The normalized spacial score (nSPS) is 10.4. The minimum Gasteiger partial charge on any atom is -0.506 e. The van der Waals surface area contributed by atoms with E-state index in [1.54, 1.807) is 6.07 Å². The van der Waals surface area contributed by atoms with Gasteiger partial charge in [0, 0.05) is 6.61 Å². The van der Waals surface area contributed by atoms with Gasteiger partial charge in [-0.1, -0.05) is 17.7 Å². The maximum atomic E-state index is 9.39. The van der Waals surface area contributed by atoms with E-state index in [0.29, 0.717) is 17.9 Å². The molecule has 0 aromatic heterocycles. The Labute approximate surface area is 82.8 Å². The SMILES string of the molecule is Cc1cc(O)c(Cl)c(CCCO)c1. The lowest BCUT2D eigenvalue weighted by Crippen LogP contribution is -1.91. The van der Waals surface area contributed by atoms with E-state index >= 15 is 0 Å². The molecular weight excluding hydrogens is 188 g/mol. The van der Waals surface area contributed by atoms with E-state index < -0.39 is 0 Å². The van der Waals surface area contributed by atoms with Gasteiger partial charge in [-0.2, -0.15) is 0 Å². The third-order valence-corrected chi connectivity index (χ3v) is 2.31. The second kappa shape index (κ2) is 4.49. The molecule has 0 saturated heterocycles. The fourth-order valence-electron chi connectivity index (χ4n) is 1.27. The van der Waals surface area contributed by atoms with Gasteiger partial charge in [0.05, 0.1) is 5.02 Å². The monoisotopic (exact) mass is 200 g/mol. The Kier molecular flexibility index (Phi) is 3.58. The molecule has 0 spiro atoms. The van der Waals surface area contributed by atoms with Crippen molar-refractivity contribution < 1.29 is 10.2 Å². The number of hydrogen-bond acceptors (Lipinski definition) is 2. The van der Waals surface area contributed by atoms with Gasteiger partial charge in [-0.25, -0.2) is 0 Å². The predicted octanol–water partition coefficient (Wildman–Crippen LogP) is 2.28. The number of hydrogen-bond donors (Lipinski definition) is 2. The molecule has 2 nitrogen and oxygen atoms in total. The number of aryl methyl sites for hydroxylation is 2. The number of phenols is 1. The van der Waals surface area contributed by atoms with Crippen molar-refractivity contribution in [1.29, 1.82) is 0 Å². The highest BCUT2D eigenvalue weighted by Crippen LogP contribution is 2.29. The molecule has 0 bridgehead atoms. The van der Waals surface area contributed by atoms with Gasteiger partial charge in [0.15, 0.2) is 0 Å². The summed E-state index contributed by atoms with van der Waals surface area (Å²) in [7, 11) is 0. The van der Waals surface area contributed by atoms with Gasteiger partial charge in [-0.15, -0.1) is 0 Å². The van der Waals surface area contributed by atoms with E-state index in [1.165, 1.54) is 0 Å². The van der Waals surface area contributed by atoms with Crippen LogP contribution in [0, 0.1) is 6.92 Å². The Bertz CT molecular complexity index is 297. The van der Waals surface area contributed by atoms with Crippen LogP contribution >= 0.6 is 11.6 Å². The summed E-state index contributed by atoms with van der Waals surface area (Å²) in [6.07, 6.45) is 1.37. The molecule has 0 amide bonds. The average Bonchev–Trinajstić information content (AvgIpc) is 2.09. The lowest BCUT2D eigenvalue weighted by atomic mass is 10.1. The molecule has 0 fully saturated rings. The van der Waals surface area contributed by atoms with E-state index in [0.717, 1.165) is 11.1 Å². The minimum atomic E-state index is 0.120. The van der Waals surface area contributed by atoms with Gasteiger partial charge in [0.1, 0.15) is 5.75 Å².